The van der Waals surface area contributed by atoms with Gasteiger partial charge in [0.1, 0.15) is 11.6 Å². The van der Waals surface area contributed by atoms with Crippen LogP contribution in [0.25, 0.3) is 0 Å². The quantitative estimate of drug-likeness (QED) is 0.739. The maximum atomic E-state index is 12.3. The van der Waals surface area contributed by atoms with Crippen LogP contribution in [0.15, 0.2) is 0 Å². The minimum Gasteiger partial charge on any atom is -0.464 e. The van der Waals surface area contributed by atoms with Gasteiger partial charge in [0, 0.05) is 20.0 Å². The maximum Gasteiger partial charge on any atom is 0.411 e. The Bertz CT molecular complexity index is 416. The number of methoxy groups -OCH3 is 1. The lowest BCUT2D eigenvalue weighted by atomic mass is 10.1. The van der Waals surface area contributed by atoms with Crippen molar-refractivity contribution in [3.63, 3.8) is 0 Å². The Kier molecular flexibility index (Phi) is 3.71. The first kappa shape index (κ1) is 15.1. The fourth-order valence-corrected chi connectivity index (χ4v) is 2.79. The smallest absolute Gasteiger partial charge is 0.411 e. The number of piperidine rings is 1. The highest BCUT2D eigenvalue weighted by molar-refractivity contribution is 5.84. The Morgan fingerprint density at radius 3 is 2.45 bits per heavy atom. The minimum absolute atomic E-state index is 0.0863. The molecule has 3 atom stereocenters. The van der Waals surface area contributed by atoms with E-state index in [1.807, 2.05) is 0 Å². The highest BCUT2D eigenvalue weighted by Crippen LogP contribution is 2.54. The number of rotatable bonds is 3. The molecule has 1 saturated heterocycles. The predicted molar refractivity (Wildman–Crippen MR) is 71.3 cm³/mol. The number of amides is 1. The van der Waals surface area contributed by atoms with Crippen molar-refractivity contribution in [2.45, 2.75) is 63.8 Å². The van der Waals surface area contributed by atoms with E-state index in [1.165, 1.54) is 4.90 Å². The molecule has 2 fully saturated rings. The summed E-state index contributed by atoms with van der Waals surface area (Å²) in [6, 6.07) is -0.694. The molecule has 1 amide bonds. The van der Waals surface area contributed by atoms with Crippen LogP contribution < -0.4 is 0 Å². The second kappa shape index (κ2) is 4.91. The van der Waals surface area contributed by atoms with Gasteiger partial charge < -0.3 is 14.2 Å². The summed E-state index contributed by atoms with van der Waals surface area (Å²) in [4.78, 5) is 25.8. The number of ether oxygens (including phenoxy) is 3. The zero-order valence-electron chi connectivity index (χ0n) is 12.8. The summed E-state index contributed by atoms with van der Waals surface area (Å²) in [7, 11) is 1.61. The van der Waals surface area contributed by atoms with E-state index in [4.69, 9.17) is 14.2 Å². The predicted octanol–water partition coefficient (Wildman–Crippen LogP) is 1.72. The molecule has 2 rings (SSSR count). The van der Waals surface area contributed by atoms with Gasteiger partial charge in [-0.15, -0.1) is 0 Å². The molecule has 0 N–H and O–H groups in total. The van der Waals surface area contributed by atoms with Crippen molar-refractivity contribution in [2.75, 3.05) is 13.7 Å². The summed E-state index contributed by atoms with van der Waals surface area (Å²) in [5, 5.41) is 0. The van der Waals surface area contributed by atoms with Gasteiger partial charge in [-0.05, 0) is 27.7 Å². The van der Waals surface area contributed by atoms with Crippen molar-refractivity contribution in [1.82, 2.24) is 4.90 Å². The number of hydrogen-bond acceptors (Lipinski definition) is 5. The summed E-state index contributed by atoms with van der Waals surface area (Å²) in [6.45, 7) is 7.45. The summed E-state index contributed by atoms with van der Waals surface area (Å²) in [5.41, 5.74) is -0.988. The van der Waals surface area contributed by atoms with Crippen LogP contribution in [0.1, 0.15) is 40.5 Å². The van der Waals surface area contributed by atoms with Gasteiger partial charge >= 0.3 is 12.1 Å². The summed E-state index contributed by atoms with van der Waals surface area (Å²) >= 11 is 0. The van der Waals surface area contributed by atoms with Gasteiger partial charge in [0.05, 0.1) is 18.2 Å². The lowest BCUT2D eigenvalue weighted by molar-refractivity contribution is -0.149. The van der Waals surface area contributed by atoms with Crippen molar-refractivity contribution in [1.29, 1.82) is 0 Å². The summed E-state index contributed by atoms with van der Waals surface area (Å²) < 4.78 is 15.9. The van der Waals surface area contributed by atoms with Crippen LogP contribution in [0, 0.1) is 0 Å². The van der Waals surface area contributed by atoms with E-state index in [0.29, 0.717) is 13.0 Å². The van der Waals surface area contributed by atoms with Crippen LogP contribution in [0.3, 0.4) is 0 Å². The Morgan fingerprint density at radius 2 is 1.95 bits per heavy atom. The molecule has 0 bridgehead atoms. The second-order valence-corrected chi connectivity index (χ2v) is 6.35. The molecular formula is C14H23NO5. The van der Waals surface area contributed by atoms with Gasteiger partial charge in [0.25, 0.3) is 0 Å². The molecule has 114 valence electrons. The fourth-order valence-electron chi connectivity index (χ4n) is 2.79. The topological polar surface area (TPSA) is 65.1 Å². The van der Waals surface area contributed by atoms with E-state index in [2.05, 4.69) is 0 Å². The molecule has 0 spiro atoms. The molecule has 2 aliphatic rings. The number of nitrogens with zero attached hydrogens (tertiary/aromatic N) is 1. The van der Waals surface area contributed by atoms with E-state index in [1.54, 1.807) is 34.8 Å². The molecule has 1 aliphatic heterocycles. The molecule has 0 unspecified atom stereocenters. The fraction of sp³-hybridized carbons (Fsp3) is 0.857. The molecule has 0 radical (unpaired) electrons. The molecule has 0 aromatic heterocycles. The average molecular weight is 285 g/mol. The second-order valence-electron chi connectivity index (χ2n) is 6.35. The SMILES string of the molecule is CCOC(=O)[C@@H]1C[C@@]2(OC)C[C@H]2N1C(=O)OC(C)(C)C. The summed E-state index contributed by atoms with van der Waals surface area (Å²) in [5.74, 6) is -0.387. The third-order valence-corrected chi connectivity index (χ3v) is 3.77. The lowest BCUT2D eigenvalue weighted by Gasteiger charge is -2.28. The Hall–Kier alpha value is -1.30. The zero-order chi connectivity index (χ0) is 15.1. The monoisotopic (exact) mass is 285 g/mol. The highest BCUT2D eigenvalue weighted by Gasteiger charge is 2.69. The van der Waals surface area contributed by atoms with Gasteiger partial charge in [-0.1, -0.05) is 0 Å². The zero-order valence-corrected chi connectivity index (χ0v) is 12.8. The van der Waals surface area contributed by atoms with Crippen molar-refractivity contribution in [3.8, 4) is 0 Å². The normalized spacial score (nSPS) is 31.8. The van der Waals surface area contributed by atoms with Crippen LogP contribution >= 0.6 is 0 Å². The molecule has 1 aliphatic carbocycles. The first-order chi connectivity index (χ1) is 9.24. The van der Waals surface area contributed by atoms with Gasteiger partial charge in [0.15, 0.2) is 0 Å². The number of fused-ring (bicyclic) bond motifs is 1. The lowest BCUT2D eigenvalue weighted by Crippen LogP contribution is -2.46. The Morgan fingerprint density at radius 1 is 1.30 bits per heavy atom. The Balaban J connectivity index is 2.15. The number of esters is 1. The first-order valence-electron chi connectivity index (χ1n) is 6.97. The Labute approximate surface area is 119 Å². The van der Waals surface area contributed by atoms with Crippen molar-refractivity contribution >= 4 is 12.1 Å². The van der Waals surface area contributed by atoms with Crippen molar-refractivity contribution in [3.05, 3.63) is 0 Å². The van der Waals surface area contributed by atoms with Crippen LogP contribution in [-0.4, -0.2) is 54.0 Å². The highest BCUT2D eigenvalue weighted by atomic mass is 16.6. The van der Waals surface area contributed by atoms with Gasteiger partial charge in [-0.3, -0.25) is 4.90 Å². The molecule has 1 saturated carbocycles. The van der Waals surface area contributed by atoms with E-state index >= 15 is 0 Å². The van der Waals surface area contributed by atoms with Crippen LogP contribution in [0.2, 0.25) is 0 Å². The van der Waals surface area contributed by atoms with Gasteiger partial charge in [-0.25, -0.2) is 9.59 Å². The van der Waals surface area contributed by atoms with E-state index < -0.39 is 23.3 Å². The first-order valence-corrected chi connectivity index (χ1v) is 6.97. The van der Waals surface area contributed by atoms with Gasteiger partial charge in [-0.2, -0.15) is 0 Å². The molecule has 0 aromatic carbocycles. The molecule has 1 heterocycles. The number of likely N-dealkylation sites (tertiary alicyclic amines) is 1. The molecule has 6 heteroatoms. The molecular weight excluding hydrogens is 262 g/mol. The van der Waals surface area contributed by atoms with Crippen LogP contribution in [0.5, 0.6) is 0 Å². The molecule has 6 nitrogen and oxygen atoms in total. The molecule has 0 aromatic rings. The largest absolute Gasteiger partial charge is 0.464 e. The maximum absolute atomic E-state index is 12.3. The standard InChI is InChI=1S/C14H23NO5/c1-6-19-11(16)9-7-14(18-5)8-10(14)15(9)12(17)20-13(2,3)4/h9-10H,6-8H2,1-5H3/t9-,10+,14+/m0/s1. The summed E-state index contributed by atoms with van der Waals surface area (Å²) in [6.07, 6.45) is 0.752. The van der Waals surface area contributed by atoms with Gasteiger partial charge in [0.2, 0.25) is 0 Å². The molecule has 20 heavy (non-hydrogen) atoms. The van der Waals surface area contributed by atoms with E-state index in [0.717, 1.165) is 6.42 Å². The van der Waals surface area contributed by atoms with E-state index in [9.17, 15) is 9.59 Å². The third kappa shape index (κ3) is 2.61. The number of hydrogen-bond donors (Lipinski definition) is 0. The third-order valence-electron chi connectivity index (χ3n) is 3.77. The van der Waals surface area contributed by atoms with Crippen LogP contribution in [0.4, 0.5) is 4.79 Å². The number of carbonyl (C=O) groups is 2. The van der Waals surface area contributed by atoms with Crippen molar-refractivity contribution in [2.24, 2.45) is 0 Å². The van der Waals surface area contributed by atoms with E-state index in [-0.39, 0.29) is 12.0 Å². The number of carbonyl (C=O) groups excluding carboxylic acids is 2. The minimum atomic E-state index is -0.608. The average Bonchev–Trinajstić information content (AvgIpc) is 2.93. The van der Waals surface area contributed by atoms with Crippen LogP contribution in [-0.2, 0) is 19.0 Å². The van der Waals surface area contributed by atoms with Crippen molar-refractivity contribution < 1.29 is 23.8 Å².